The molecule has 0 spiro atoms. The van der Waals surface area contributed by atoms with Crippen molar-refractivity contribution in [1.29, 1.82) is 0 Å². The van der Waals surface area contributed by atoms with Gasteiger partial charge in [-0.2, -0.15) is 0 Å². The highest BCUT2D eigenvalue weighted by molar-refractivity contribution is 7.71. The third-order valence-electron chi connectivity index (χ3n) is 4.20. The average molecular weight is 339 g/mol. The van der Waals surface area contributed by atoms with Crippen LogP contribution in [0.5, 0.6) is 0 Å². The number of rotatable bonds is 3. The Morgan fingerprint density at radius 3 is 2.96 bits per heavy atom. The number of aromatic amines is 1. The molecule has 1 aliphatic rings. The van der Waals surface area contributed by atoms with Crippen molar-refractivity contribution in [3.63, 3.8) is 0 Å². The minimum absolute atomic E-state index is 0.577. The fourth-order valence-electron chi connectivity index (χ4n) is 2.99. The van der Waals surface area contributed by atoms with Crippen LogP contribution in [-0.4, -0.2) is 21.4 Å². The van der Waals surface area contributed by atoms with Gasteiger partial charge < -0.3 is 4.98 Å². The molecule has 0 unspecified atom stereocenters. The van der Waals surface area contributed by atoms with E-state index in [2.05, 4.69) is 56.6 Å². The van der Waals surface area contributed by atoms with Gasteiger partial charge in [-0.25, -0.2) is 4.98 Å². The second-order valence-corrected chi connectivity index (χ2v) is 7.20. The van der Waals surface area contributed by atoms with Crippen molar-refractivity contribution >= 4 is 23.6 Å². The molecule has 0 saturated carbocycles. The molecule has 0 atom stereocenters. The van der Waals surface area contributed by atoms with E-state index in [1.165, 1.54) is 27.3 Å². The quantitative estimate of drug-likeness (QED) is 0.717. The van der Waals surface area contributed by atoms with E-state index < -0.39 is 0 Å². The molecule has 4 rings (SSSR count). The predicted molar refractivity (Wildman–Crippen MR) is 97.0 cm³/mol. The molecule has 116 valence electrons. The number of hydrogen-bond donors (Lipinski definition) is 1. The van der Waals surface area contributed by atoms with Crippen LogP contribution in [0.3, 0.4) is 0 Å². The number of hydrogen-bond acceptors (Lipinski definition) is 4. The molecule has 0 amide bonds. The zero-order chi connectivity index (χ0) is 15.6. The van der Waals surface area contributed by atoms with Gasteiger partial charge in [-0.05, 0) is 46.8 Å². The fraction of sp³-hybridized carbons (Fsp3) is 0.222. The summed E-state index contributed by atoms with van der Waals surface area (Å²) in [5.41, 5.74) is 5.11. The molecule has 1 aliphatic heterocycles. The van der Waals surface area contributed by atoms with Gasteiger partial charge in [0.15, 0.2) is 4.77 Å². The van der Waals surface area contributed by atoms with Gasteiger partial charge in [0.05, 0.1) is 0 Å². The lowest BCUT2D eigenvalue weighted by atomic mass is 10.1. The summed E-state index contributed by atoms with van der Waals surface area (Å²) < 4.78 is 0.577. The summed E-state index contributed by atoms with van der Waals surface area (Å²) in [4.78, 5) is 11.3. The van der Waals surface area contributed by atoms with Crippen LogP contribution < -0.4 is 0 Å². The normalized spacial score (nSPS) is 14.6. The molecule has 3 aromatic rings. The number of nitrogens with one attached hydrogen (secondary N) is 1. The summed E-state index contributed by atoms with van der Waals surface area (Å²) in [5, 5.41) is 2.25. The van der Waals surface area contributed by atoms with Gasteiger partial charge in [-0.15, -0.1) is 11.3 Å². The molecule has 1 aromatic carbocycles. The second kappa shape index (κ2) is 6.35. The average Bonchev–Trinajstić information content (AvgIpc) is 3.04. The first-order valence-corrected chi connectivity index (χ1v) is 8.99. The van der Waals surface area contributed by atoms with Crippen LogP contribution >= 0.6 is 23.6 Å². The van der Waals surface area contributed by atoms with E-state index in [4.69, 9.17) is 12.2 Å². The first kappa shape index (κ1) is 14.8. The summed E-state index contributed by atoms with van der Waals surface area (Å²) in [6.45, 7) is 2.97. The van der Waals surface area contributed by atoms with Gasteiger partial charge in [0.1, 0.15) is 0 Å². The lowest BCUT2D eigenvalue weighted by molar-refractivity contribution is 0.243. The number of H-pyrrole nitrogens is 1. The Morgan fingerprint density at radius 2 is 2.09 bits per heavy atom. The molecule has 0 fully saturated rings. The van der Waals surface area contributed by atoms with Gasteiger partial charge in [0.25, 0.3) is 0 Å². The standard InChI is InChI=1S/C18H17N3S2/c22-18-19-9-14-6-7-21(11-17(14)20-18)10-16-8-15(12-23-16)13-4-2-1-3-5-13/h1-5,8-9,12H,6-7,10-11H2,(H,19,20,22). The first-order valence-electron chi connectivity index (χ1n) is 7.70. The van der Waals surface area contributed by atoms with Gasteiger partial charge >= 0.3 is 0 Å². The van der Waals surface area contributed by atoms with Crippen LogP contribution in [0.25, 0.3) is 11.1 Å². The zero-order valence-corrected chi connectivity index (χ0v) is 14.3. The third-order valence-corrected chi connectivity index (χ3v) is 5.33. The second-order valence-electron chi connectivity index (χ2n) is 5.82. The molecule has 1 N–H and O–H groups in total. The van der Waals surface area contributed by atoms with Crippen molar-refractivity contribution in [1.82, 2.24) is 14.9 Å². The van der Waals surface area contributed by atoms with Crippen LogP contribution in [0.15, 0.2) is 48.0 Å². The smallest absolute Gasteiger partial charge is 0.196 e. The lowest BCUT2D eigenvalue weighted by Crippen LogP contribution is -2.30. The Labute approximate surface area is 144 Å². The maximum Gasteiger partial charge on any atom is 0.196 e. The molecule has 5 heteroatoms. The minimum atomic E-state index is 0.577. The molecule has 0 radical (unpaired) electrons. The Kier molecular flexibility index (Phi) is 4.08. The summed E-state index contributed by atoms with van der Waals surface area (Å²) >= 11 is 6.98. The van der Waals surface area contributed by atoms with Crippen molar-refractivity contribution in [2.45, 2.75) is 19.5 Å². The molecule has 2 aromatic heterocycles. The molecule has 0 aliphatic carbocycles. The topological polar surface area (TPSA) is 31.9 Å². The molecule has 0 bridgehead atoms. The van der Waals surface area contributed by atoms with Crippen LogP contribution in [-0.2, 0) is 19.5 Å². The molecule has 3 heterocycles. The Hall–Kier alpha value is -1.82. The Morgan fingerprint density at radius 1 is 1.22 bits per heavy atom. The largest absolute Gasteiger partial charge is 0.333 e. The predicted octanol–water partition coefficient (Wildman–Crippen LogP) is 4.43. The highest BCUT2D eigenvalue weighted by Crippen LogP contribution is 2.27. The van der Waals surface area contributed by atoms with Crippen molar-refractivity contribution in [2.24, 2.45) is 0 Å². The van der Waals surface area contributed by atoms with Crippen LogP contribution in [0.2, 0.25) is 0 Å². The van der Waals surface area contributed by atoms with E-state index in [9.17, 15) is 0 Å². The fourth-order valence-corrected chi connectivity index (χ4v) is 4.11. The third kappa shape index (κ3) is 3.27. The summed E-state index contributed by atoms with van der Waals surface area (Å²) in [7, 11) is 0. The van der Waals surface area contributed by atoms with E-state index >= 15 is 0 Å². The highest BCUT2D eigenvalue weighted by Gasteiger charge is 2.17. The van der Waals surface area contributed by atoms with Crippen LogP contribution in [0, 0.1) is 4.77 Å². The van der Waals surface area contributed by atoms with E-state index in [1.807, 2.05) is 17.5 Å². The number of nitrogens with zero attached hydrogens (tertiary/aromatic N) is 2. The number of fused-ring (bicyclic) bond motifs is 1. The monoisotopic (exact) mass is 339 g/mol. The highest BCUT2D eigenvalue weighted by atomic mass is 32.1. The van der Waals surface area contributed by atoms with Crippen molar-refractivity contribution in [3.8, 4) is 11.1 Å². The molecule has 0 saturated heterocycles. The molecular formula is C18H17N3S2. The number of benzene rings is 1. The Balaban J connectivity index is 1.49. The maximum absolute atomic E-state index is 5.14. The molecule has 3 nitrogen and oxygen atoms in total. The van der Waals surface area contributed by atoms with Gasteiger partial charge in [-0.1, -0.05) is 30.3 Å². The summed E-state index contributed by atoms with van der Waals surface area (Å²) in [6.07, 6.45) is 2.95. The lowest BCUT2D eigenvalue weighted by Gasteiger charge is -2.27. The van der Waals surface area contributed by atoms with Crippen LogP contribution in [0.1, 0.15) is 16.1 Å². The maximum atomic E-state index is 5.14. The zero-order valence-electron chi connectivity index (χ0n) is 12.7. The van der Waals surface area contributed by atoms with E-state index in [0.29, 0.717) is 4.77 Å². The van der Waals surface area contributed by atoms with E-state index in [1.54, 1.807) is 0 Å². The van der Waals surface area contributed by atoms with Crippen molar-refractivity contribution < 1.29 is 0 Å². The minimum Gasteiger partial charge on any atom is -0.333 e. The van der Waals surface area contributed by atoms with Gasteiger partial charge in [-0.3, -0.25) is 4.90 Å². The molecular weight excluding hydrogens is 322 g/mol. The van der Waals surface area contributed by atoms with Gasteiger partial charge in [0.2, 0.25) is 0 Å². The van der Waals surface area contributed by atoms with Crippen molar-refractivity contribution in [2.75, 3.05) is 6.54 Å². The first-order chi connectivity index (χ1) is 11.3. The number of aromatic nitrogens is 2. The summed E-state index contributed by atoms with van der Waals surface area (Å²) in [6, 6.07) is 12.9. The summed E-state index contributed by atoms with van der Waals surface area (Å²) in [5.74, 6) is 0. The van der Waals surface area contributed by atoms with E-state index in [0.717, 1.165) is 26.1 Å². The SMILES string of the molecule is S=c1ncc2c([nH]1)CN(Cc1cc(-c3ccccc3)cs1)CC2. The van der Waals surface area contributed by atoms with E-state index in [-0.39, 0.29) is 0 Å². The van der Waals surface area contributed by atoms with Gasteiger partial charge in [0, 0.05) is 36.4 Å². The van der Waals surface area contributed by atoms with Crippen LogP contribution in [0.4, 0.5) is 0 Å². The van der Waals surface area contributed by atoms with Crippen molar-refractivity contribution in [3.05, 3.63) is 68.9 Å². The Bertz CT molecular complexity index is 867. The number of thiophene rings is 1. The molecule has 23 heavy (non-hydrogen) atoms.